The van der Waals surface area contributed by atoms with Crippen LogP contribution in [0.3, 0.4) is 0 Å². The molecule has 2 aliphatic heterocycles. The van der Waals surface area contributed by atoms with E-state index in [1.165, 1.54) is 0 Å². The van der Waals surface area contributed by atoms with Crippen molar-refractivity contribution in [3.05, 3.63) is 35.4 Å². The summed E-state index contributed by atoms with van der Waals surface area (Å²) < 4.78 is 27.9. The molecule has 126 valence electrons. The molecule has 0 unspecified atom stereocenters. The van der Waals surface area contributed by atoms with Gasteiger partial charge in [-0.05, 0) is 56.8 Å². The minimum Gasteiger partial charge on any atom is -0.399 e. The smallest absolute Gasteiger partial charge is 0.399 e. The van der Waals surface area contributed by atoms with Crippen molar-refractivity contribution in [3.8, 4) is 5.69 Å². The van der Waals surface area contributed by atoms with Gasteiger partial charge in [0.25, 0.3) is 0 Å². The number of aromatic nitrogens is 3. The number of fused-ring (bicyclic) bond motifs is 3. The number of nitrogens with zero attached hydrogens (tertiary/aromatic N) is 3. The summed E-state index contributed by atoms with van der Waals surface area (Å²) in [7, 11) is -0.548. The van der Waals surface area contributed by atoms with Gasteiger partial charge in [0.05, 0.1) is 16.9 Å². The SMILES string of the molecule is CC1(C)OB(c2cc3c(cc2CF)-n2cnnc2CC3)OC1(C)C. The van der Waals surface area contributed by atoms with Gasteiger partial charge in [0.15, 0.2) is 0 Å². The molecule has 0 atom stereocenters. The number of hydrogen-bond donors (Lipinski definition) is 0. The quantitative estimate of drug-likeness (QED) is 0.792. The van der Waals surface area contributed by atoms with Gasteiger partial charge in [-0.2, -0.15) is 0 Å². The molecule has 2 aliphatic rings. The molecular formula is C17H21BFN3O2. The van der Waals surface area contributed by atoms with Gasteiger partial charge in [-0.3, -0.25) is 4.57 Å². The van der Waals surface area contributed by atoms with E-state index < -0.39 is 25.0 Å². The molecule has 1 aromatic heterocycles. The molecule has 0 radical (unpaired) electrons. The summed E-state index contributed by atoms with van der Waals surface area (Å²) in [5.74, 6) is 0.913. The Labute approximate surface area is 141 Å². The van der Waals surface area contributed by atoms with E-state index in [-0.39, 0.29) is 0 Å². The van der Waals surface area contributed by atoms with Crippen molar-refractivity contribution < 1.29 is 13.7 Å². The van der Waals surface area contributed by atoms with E-state index in [0.29, 0.717) is 5.56 Å². The molecule has 24 heavy (non-hydrogen) atoms. The molecule has 0 aliphatic carbocycles. The Bertz CT molecular complexity index is 787. The molecule has 1 fully saturated rings. The normalized spacial score (nSPS) is 20.8. The topological polar surface area (TPSA) is 49.2 Å². The second-order valence-corrected chi connectivity index (χ2v) is 7.52. The maximum atomic E-state index is 13.7. The molecule has 1 aromatic carbocycles. The van der Waals surface area contributed by atoms with Gasteiger partial charge in [-0.15, -0.1) is 10.2 Å². The Morgan fingerprint density at radius 1 is 1.17 bits per heavy atom. The monoisotopic (exact) mass is 329 g/mol. The molecular weight excluding hydrogens is 308 g/mol. The highest BCUT2D eigenvalue weighted by Gasteiger charge is 2.52. The van der Waals surface area contributed by atoms with Crippen molar-refractivity contribution in [1.82, 2.24) is 14.8 Å². The lowest BCUT2D eigenvalue weighted by Crippen LogP contribution is -2.41. The standard InChI is InChI=1S/C17H21BFN3O2/c1-16(2)17(3,4)24-18(23-16)13-7-11-5-6-15-21-20-10-22(15)14(11)8-12(13)9-19/h7-8,10H,5-6,9H2,1-4H3. The molecule has 0 bridgehead atoms. The molecule has 5 nitrogen and oxygen atoms in total. The number of alkyl halides is 1. The fourth-order valence-electron chi connectivity index (χ4n) is 3.30. The first kappa shape index (κ1) is 15.8. The van der Waals surface area contributed by atoms with Crippen molar-refractivity contribution in [2.45, 2.75) is 58.4 Å². The number of aryl methyl sites for hydroxylation is 2. The Hall–Kier alpha value is -1.73. The van der Waals surface area contributed by atoms with Crippen LogP contribution in [0, 0.1) is 0 Å². The Balaban J connectivity index is 1.79. The summed E-state index contributed by atoms with van der Waals surface area (Å²) in [5, 5.41) is 8.08. The number of hydrogen-bond acceptors (Lipinski definition) is 4. The zero-order valence-electron chi connectivity index (χ0n) is 14.5. The van der Waals surface area contributed by atoms with Crippen LogP contribution in [0.2, 0.25) is 0 Å². The summed E-state index contributed by atoms with van der Waals surface area (Å²) in [5.41, 5.74) is 2.59. The molecule has 0 amide bonds. The van der Waals surface area contributed by atoms with E-state index in [1.807, 2.05) is 44.4 Å². The molecule has 2 aromatic rings. The first-order chi connectivity index (χ1) is 11.3. The van der Waals surface area contributed by atoms with Gasteiger partial charge in [-0.25, -0.2) is 4.39 Å². The molecule has 3 heterocycles. The van der Waals surface area contributed by atoms with E-state index >= 15 is 0 Å². The molecule has 0 saturated carbocycles. The summed E-state index contributed by atoms with van der Waals surface area (Å²) in [6.07, 6.45) is 3.36. The molecule has 4 rings (SSSR count). The van der Waals surface area contributed by atoms with E-state index in [1.54, 1.807) is 6.33 Å². The minimum atomic E-state index is -0.565. The van der Waals surface area contributed by atoms with Gasteiger partial charge in [0.2, 0.25) is 0 Å². The van der Waals surface area contributed by atoms with Crippen LogP contribution in [-0.2, 0) is 28.8 Å². The van der Waals surface area contributed by atoms with Crippen LogP contribution in [0.5, 0.6) is 0 Å². The fraction of sp³-hybridized carbons (Fsp3) is 0.529. The van der Waals surface area contributed by atoms with Gasteiger partial charge in [0, 0.05) is 6.42 Å². The van der Waals surface area contributed by atoms with Crippen molar-refractivity contribution in [2.75, 3.05) is 0 Å². The lowest BCUT2D eigenvalue weighted by atomic mass is 9.74. The molecule has 0 N–H and O–H groups in total. The second kappa shape index (κ2) is 5.13. The minimum absolute atomic E-state index is 0.442. The predicted molar refractivity (Wildman–Crippen MR) is 89.3 cm³/mol. The third-order valence-corrected chi connectivity index (χ3v) is 5.49. The Morgan fingerprint density at radius 2 is 1.88 bits per heavy atom. The summed E-state index contributed by atoms with van der Waals surface area (Å²) in [4.78, 5) is 0. The average molecular weight is 329 g/mol. The third kappa shape index (κ3) is 2.22. The van der Waals surface area contributed by atoms with E-state index in [0.717, 1.165) is 35.4 Å². The summed E-state index contributed by atoms with van der Waals surface area (Å²) in [6, 6.07) is 3.90. The van der Waals surface area contributed by atoms with Crippen molar-refractivity contribution in [1.29, 1.82) is 0 Å². The highest BCUT2D eigenvalue weighted by atomic mass is 19.1. The molecule has 0 spiro atoms. The van der Waals surface area contributed by atoms with Crippen LogP contribution in [0.15, 0.2) is 18.5 Å². The summed E-state index contributed by atoms with van der Waals surface area (Å²) in [6.45, 7) is 7.45. The van der Waals surface area contributed by atoms with Crippen molar-refractivity contribution >= 4 is 12.6 Å². The first-order valence-electron chi connectivity index (χ1n) is 8.29. The average Bonchev–Trinajstić information content (AvgIpc) is 3.08. The maximum Gasteiger partial charge on any atom is 0.495 e. The van der Waals surface area contributed by atoms with Crippen LogP contribution >= 0.6 is 0 Å². The highest BCUT2D eigenvalue weighted by Crippen LogP contribution is 2.37. The Morgan fingerprint density at radius 3 is 2.54 bits per heavy atom. The van der Waals surface area contributed by atoms with Gasteiger partial charge >= 0.3 is 7.12 Å². The van der Waals surface area contributed by atoms with Crippen molar-refractivity contribution in [2.24, 2.45) is 0 Å². The van der Waals surface area contributed by atoms with E-state index in [9.17, 15) is 4.39 Å². The number of halogens is 1. The fourth-order valence-corrected chi connectivity index (χ4v) is 3.30. The van der Waals surface area contributed by atoms with E-state index in [4.69, 9.17) is 9.31 Å². The number of benzene rings is 1. The van der Waals surface area contributed by atoms with Crippen LogP contribution in [0.4, 0.5) is 4.39 Å². The Kier molecular flexibility index (Phi) is 3.38. The first-order valence-corrected chi connectivity index (χ1v) is 8.29. The second-order valence-electron chi connectivity index (χ2n) is 7.52. The van der Waals surface area contributed by atoms with Gasteiger partial charge in [-0.1, -0.05) is 6.07 Å². The zero-order valence-corrected chi connectivity index (χ0v) is 14.5. The highest BCUT2D eigenvalue weighted by molar-refractivity contribution is 6.62. The number of rotatable bonds is 2. The van der Waals surface area contributed by atoms with Crippen LogP contribution in [0.25, 0.3) is 5.69 Å². The van der Waals surface area contributed by atoms with Crippen LogP contribution in [0.1, 0.15) is 44.6 Å². The maximum absolute atomic E-state index is 13.7. The zero-order chi connectivity index (χ0) is 17.1. The predicted octanol–water partition coefficient (Wildman–Crippen LogP) is 2.13. The van der Waals surface area contributed by atoms with E-state index in [2.05, 4.69) is 10.2 Å². The van der Waals surface area contributed by atoms with Crippen LogP contribution in [-0.4, -0.2) is 33.1 Å². The lowest BCUT2D eigenvalue weighted by Gasteiger charge is -2.32. The largest absolute Gasteiger partial charge is 0.495 e. The summed E-state index contributed by atoms with van der Waals surface area (Å²) >= 11 is 0. The van der Waals surface area contributed by atoms with Gasteiger partial charge in [0.1, 0.15) is 18.8 Å². The third-order valence-electron chi connectivity index (χ3n) is 5.49. The van der Waals surface area contributed by atoms with Crippen molar-refractivity contribution in [3.63, 3.8) is 0 Å². The molecule has 1 saturated heterocycles. The van der Waals surface area contributed by atoms with Gasteiger partial charge < -0.3 is 9.31 Å². The lowest BCUT2D eigenvalue weighted by molar-refractivity contribution is 0.00578. The van der Waals surface area contributed by atoms with Crippen LogP contribution < -0.4 is 5.46 Å². The molecule has 7 heteroatoms.